The SMILES string of the molecule is COc1ccc(OCC(=O)N2CCN(c3nc(N)nc4scnc34)C[C@H]2CO)cc1. The number of carbonyl (C=O) groups excluding carboxylic acids is 1. The third kappa shape index (κ3) is 4.07. The van der Waals surface area contributed by atoms with E-state index in [1.54, 1.807) is 41.8 Å². The Labute approximate surface area is 176 Å². The number of aliphatic hydroxyl groups excluding tert-OH is 1. The molecule has 0 unspecified atom stereocenters. The van der Waals surface area contributed by atoms with Gasteiger partial charge in [-0.3, -0.25) is 4.79 Å². The number of piperazine rings is 1. The lowest BCUT2D eigenvalue weighted by Crippen LogP contribution is -2.58. The number of hydrogen-bond donors (Lipinski definition) is 2. The molecular formula is C19H22N6O4S. The molecule has 1 atom stereocenters. The molecule has 1 fully saturated rings. The molecule has 1 saturated heterocycles. The molecule has 0 saturated carbocycles. The first-order valence-corrected chi connectivity index (χ1v) is 10.3. The topological polar surface area (TPSA) is 127 Å². The first-order valence-electron chi connectivity index (χ1n) is 9.38. The van der Waals surface area contributed by atoms with Gasteiger partial charge in [-0.1, -0.05) is 0 Å². The van der Waals surface area contributed by atoms with E-state index in [-0.39, 0.29) is 25.1 Å². The van der Waals surface area contributed by atoms with E-state index in [0.29, 0.717) is 47.3 Å². The van der Waals surface area contributed by atoms with Crippen LogP contribution in [0.15, 0.2) is 29.8 Å². The van der Waals surface area contributed by atoms with Gasteiger partial charge in [0.05, 0.1) is 25.3 Å². The van der Waals surface area contributed by atoms with Crippen molar-refractivity contribution in [2.24, 2.45) is 0 Å². The Balaban J connectivity index is 1.42. The maximum Gasteiger partial charge on any atom is 0.260 e. The minimum absolute atomic E-state index is 0.111. The van der Waals surface area contributed by atoms with E-state index in [2.05, 4.69) is 15.0 Å². The Morgan fingerprint density at radius 3 is 2.77 bits per heavy atom. The van der Waals surface area contributed by atoms with Gasteiger partial charge in [-0.05, 0) is 24.3 Å². The standard InChI is InChI=1S/C19H22N6O4S/c1-28-13-2-4-14(5-3-13)29-10-15(27)25-7-6-24(8-12(25)9-26)17-16-18(30-11-21-16)23-19(20)22-17/h2-5,11-12,26H,6-10H2,1H3,(H2,20,22,23)/t12-/m0/s1. The van der Waals surface area contributed by atoms with Gasteiger partial charge in [-0.15, -0.1) is 11.3 Å². The van der Waals surface area contributed by atoms with Gasteiger partial charge in [0.2, 0.25) is 5.95 Å². The zero-order valence-corrected chi connectivity index (χ0v) is 17.2. The summed E-state index contributed by atoms with van der Waals surface area (Å²) in [7, 11) is 1.59. The maximum absolute atomic E-state index is 12.7. The Kier molecular flexibility index (Phi) is 5.81. The average molecular weight is 430 g/mol. The van der Waals surface area contributed by atoms with E-state index in [9.17, 15) is 9.90 Å². The van der Waals surface area contributed by atoms with Crippen LogP contribution in [-0.2, 0) is 4.79 Å². The molecule has 4 rings (SSSR count). The van der Waals surface area contributed by atoms with Crippen LogP contribution in [0.25, 0.3) is 10.3 Å². The number of thiazole rings is 1. The first-order chi connectivity index (χ1) is 14.6. The molecule has 0 bridgehead atoms. The zero-order chi connectivity index (χ0) is 21.1. The highest BCUT2D eigenvalue weighted by Crippen LogP contribution is 2.28. The average Bonchev–Trinajstić information content (AvgIpc) is 3.25. The third-order valence-corrected chi connectivity index (χ3v) is 5.65. The predicted molar refractivity (Wildman–Crippen MR) is 113 cm³/mol. The summed E-state index contributed by atoms with van der Waals surface area (Å²) in [6.07, 6.45) is 0. The van der Waals surface area contributed by atoms with Crippen LogP contribution >= 0.6 is 11.3 Å². The quantitative estimate of drug-likeness (QED) is 0.583. The van der Waals surface area contributed by atoms with Crippen molar-refractivity contribution < 1.29 is 19.4 Å². The van der Waals surface area contributed by atoms with E-state index in [4.69, 9.17) is 15.2 Å². The molecule has 10 nitrogen and oxygen atoms in total. The van der Waals surface area contributed by atoms with Crippen LogP contribution in [0.1, 0.15) is 0 Å². The van der Waals surface area contributed by atoms with Crippen LogP contribution < -0.4 is 20.1 Å². The first kappa shape index (κ1) is 20.1. The number of aromatic nitrogens is 3. The smallest absolute Gasteiger partial charge is 0.260 e. The fourth-order valence-corrected chi connectivity index (χ4v) is 4.08. The fraction of sp³-hybridized carbons (Fsp3) is 0.368. The van der Waals surface area contributed by atoms with Gasteiger partial charge in [-0.25, -0.2) is 9.97 Å². The Hall–Kier alpha value is -3.18. The molecule has 0 aliphatic carbocycles. The van der Waals surface area contributed by atoms with Crippen molar-refractivity contribution in [3.05, 3.63) is 29.8 Å². The number of anilines is 2. The lowest BCUT2D eigenvalue weighted by Gasteiger charge is -2.41. The van der Waals surface area contributed by atoms with E-state index >= 15 is 0 Å². The molecule has 1 aliphatic heterocycles. The summed E-state index contributed by atoms with van der Waals surface area (Å²) in [5, 5.41) is 9.90. The van der Waals surface area contributed by atoms with Crippen molar-refractivity contribution in [2.45, 2.75) is 6.04 Å². The number of nitrogens with zero attached hydrogens (tertiary/aromatic N) is 5. The zero-order valence-electron chi connectivity index (χ0n) is 16.4. The van der Waals surface area contributed by atoms with Crippen molar-refractivity contribution in [2.75, 3.05) is 50.6 Å². The van der Waals surface area contributed by atoms with Gasteiger partial charge in [0.15, 0.2) is 17.3 Å². The molecule has 1 aliphatic rings. The summed E-state index contributed by atoms with van der Waals surface area (Å²) in [5.74, 6) is 1.90. The Bertz CT molecular complexity index is 1030. The molecule has 3 N–H and O–H groups in total. The number of rotatable bonds is 6. The van der Waals surface area contributed by atoms with Crippen LogP contribution in [0.2, 0.25) is 0 Å². The van der Waals surface area contributed by atoms with Crippen molar-refractivity contribution in [1.29, 1.82) is 0 Å². The number of fused-ring (bicyclic) bond motifs is 1. The van der Waals surface area contributed by atoms with Crippen molar-refractivity contribution in [1.82, 2.24) is 19.9 Å². The summed E-state index contributed by atoms with van der Waals surface area (Å²) in [5.41, 5.74) is 8.21. The molecule has 2 aromatic heterocycles. The fourth-order valence-electron chi connectivity index (χ4n) is 3.42. The van der Waals surface area contributed by atoms with Crippen LogP contribution in [0.5, 0.6) is 11.5 Å². The molecule has 158 valence electrons. The third-order valence-electron chi connectivity index (χ3n) is 4.93. The molecule has 0 radical (unpaired) electrons. The van der Waals surface area contributed by atoms with Crippen LogP contribution in [-0.4, -0.2) is 76.9 Å². The number of ether oxygens (including phenoxy) is 2. The lowest BCUT2D eigenvalue weighted by molar-refractivity contribution is -0.137. The molecule has 11 heteroatoms. The van der Waals surface area contributed by atoms with E-state index in [1.807, 2.05) is 4.90 Å². The second kappa shape index (κ2) is 8.67. The number of amides is 1. The van der Waals surface area contributed by atoms with Gasteiger partial charge >= 0.3 is 0 Å². The predicted octanol–water partition coefficient (Wildman–Crippen LogP) is 0.766. The molecule has 1 amide bonds. The summed E-state index contributed by atoms with van der Waals surface area (Å²) in [6.45, 7) is 1.08. The van der Waals surface area contributed by atoms with Crippen LogP contribution in [0.4, 0.5) is 11.8 Å². The molecule has 3 heterocycles. The molecule has 3 aromatic rings. The van der Waals surface area contributed by atoms with E-state index in [1.165, 1.54) is 11.3 Å². The van der Waals surface area contributed by atoms with Crippen molar-refractivity contribution >= 4 is 39.4 Å². The van der Waals surface area contributed by atoms with Crippen molar-refractivity contribution in [3.63, 3.8) is 0 Å². The monoisotopic (exact) mass is 430 g/mol. The van der Waals surface area contributed by atoms with E-state index < -0.39 is 6.04 Å². The highest BCUT2D eigenvalue weighted by molar-refractivity contribution is 7.16. The van der Waals surface area contributed by atoms with E-state index in [0.717, 1.165) is 0 Å². The van der Waals surface area contributed by atoms with Gasteiger partial charge in [0.1, 0.15) is 17.0 Å². The minimum atomic E-state index is -0.393. The number of hydrogen-bond acceptors (Lipinski definition) is 10. The van der Waals surface area contributed by atoms with Gasteiger partial charge < -0.3 is 30.1 Å². The summed E-state index contributed by atoms with van der Waals surface area (Å²) >= 11 is 1.39. The highest BCUT2D eigenvalue weighted by Gasteiger charge is 2.32. The summed E-state index contributed by atoms with van der Waals surface area (Å²) in [4.78, 5) is 29.9. The normalized spacial score (nSPS) is 16.7. The number of nitrogen functional groups attached to an aromatic ring is 1. The summed E-state index contributed by atoms with van der Waals surface area (Å²) < 4.78 is 10.7. The second-order valence-corrected chi connectivity index (χ2v) is 7.58. The number of benzene rings is 1. The molecular weight excluding hydrogens is 408 g/mol. The molecule has 1 aromatic carbocycles. The Morgan fingerprint density at radius 2 is 2.03 bits per heavy atom. The largest absolute Gasteiger partial charge is 0.497 e. The van der Waals surface area contributed by atoms with Crippen LogP contribution in [0.3, 0.4) is 0 Å². The van der Waals surface area contributed by atoms with Gasteiger partial charge in [0.25, 0.3) is 5.91 Å². The molecule has 0 spiro atoms. The van der Waals surface area contributed by atoms with Crippen molar-refractivity contribution in [3.8, 4) is 11.5 Å². The second-order valence-electron chi connectivity index (χ2n) is 6.75. The maximum atomic E-state index is 12.7. The van der Waals surface area contributed by atoms with Crippen LogP contribution in [0, 0.1) is 0 Å². The number of nitrogens with two attached hydrogens (primary N) is 1. The molecule has 30 heavy (non-hydrogen) atoms. The highest BCUT2D eigenvalue weighted by atomic mass is 32.1. The number of methoxy groups -OCH3 is 1. The minimum Gasteiger partial charge on any atom is -0.497 e. The number of carbonyl (C=O) groups is 1. The summed E-state index contributed by atoms with van der Waals surface area (Å²) in [6, 6.07) is 6.62. The lowest BCUT2D eigenvalue weighted by atomic mass is 10.1. The Morgan fingerprint density at radius 1 is 1.27 bits per heavy atom. The van der Waals surface area contributed by atoms with Gasteiger partial charge in [-0.2, -0.15) is 4.98 Å². The van der Waals surface area contributed by atoms with Gasteiger partial charge in [0, 0.05) is 19.6 Å². The number of aliphatic hydroxyl groups is 1.